The molecule has 0 heterocycles. The van der Waals surface area contributed by atoms with Crippen LogP contribution < -0.4 is 11.1 Å². The normalized spacial score (nSPS) is 18.0. The van der Waals surface area contributed by atoms with E-state index in [4.69, 9.17) is 10.9 Å². The predicted octanol–water partition coefficient (Wildman–Crippen LogP) is 0.0392. The van der Waals surface area contributed by atoms with Crippen molar-refractivity contribution in [2.75, 3.05) is 6.54 Å². The van der Waals surface area contributed by atoms with Gasteiger partial charge in [0.05, 0.1) is 0 Å². The second-order valence-corrected chi connectivity index (χ2v) is 3.26. The van der Waals surface area contributed by atoms with E-state index in [1.807, 2.05) is 0 Å². The Hall–Kier alpha value is -1.26. The molecular weight excluding hydrogens is 170 g/mol. The fraction of sp³-hybridized carbons (Fsp3) is 0.750. The standard InChI is InChI=1S/C8H15N3O2/c9-7(11-13)4-5-10-8(12)6-2-1-3-6/h6,13H,1-5H2,(H2,9,11)(H,10,12). The number of amidine groups is 1. The van der Waals surface area contributed by atoms with Crippen LogP contribution >= 0.6 is 0 Å². The van der Waals surface area contributed by atoms with Gasteiger partial charge in [0, 0.05) is 18.9 Å². The van der Waals surface area contributed by atoms with Gasteiger partial charge in [0.2, 0.25) is 5.91 Å². The number of rotatable bonds is 4. The van der Waals surface area contributed by atoms with Crippen molar-refractivity contribution in [2.24, 2.45) is 16.8 Å². The Balaban J connectivity index is 2.08. The molecule has 1 fully saturated rings. The molecule has 5 nitrogen and oxygen atoms in total. The Morgan fingerprint density at radius 3 is 2.77 bits per heavy atom. The first-order valence-corrected chi connectivity index (χ1v) is 4.48. The van der Waals surface area contributed by atoms with Crippen LogP contribution in [0.15, 0.2) is 5.16 Å². The van der Waals surface area contributed by atoms with Crippen molar-refractivity contribution >= 4 is 11.7 Å². The first kappa shape index (κ1) is 9.83. The number of oxime groups is 1. The highest BCUT2D eigenvalue weighted by atomic mass is 16.4. The Morgan fingerprint density at radius 1 is 1.62 bits per heavy atom. The van der Waals surface area contributed by atoms with Gasteiger partial charge in [-0.3, -0.25) is 4.79 Å². The van der Waals surface area contributed by atoms with E-state index in [0.717, 1.165) is 19.3 Å². The molecule has 4 N–H and O–H groups in total. The summed E-state index contributed by atoms with van der Waals surface area (Å²) in [4.78, 5) is 11.2. The number of carbonyl (C=O) groups is 1. The van der Waals surface area contributed by atoms with Gasteiger partial charge in [0.1, 0.15) is 5.84 Å². The fourth-order valence-electron chi connectivity index (χ4n) is 1.18. The van der Waals surface area contributed by atoms with Crippen LogP contribution in [0.25, 0.3) is 0 Å². The highest BCUT2D eigenvalue weighted by Gasteiger charge is 2.24. The van der Waals surface area contributed by atoms with Gasteiger partial charge in [-0.05, 0) is 12.8 Å². The minimum absolute atomic E-state index is 0.0944. The molecular formula is C8H15N3O2. The van der Waals surface area contributed by atoms with Gasteiger partial charge in [-0.25, -0.2) is 0 Å². The van der Waals surface area contributed by atoms with Gasteiger partial charge in [-0.1, -0.05) is 11.6 Å². The molecule has 0 atom stereocenters. The molecule has 0 aromatic rings. The molecule has 1 amide bonds. The summed E-state index contributed by atoms with van der Waals surface area (Å²) in [6, 6.07) is 0. The molecule has 0 aliphatic heterocycles. The van der Waals surface area contributed by atoms with Crippen molar-refractivity contribution in [3.8, 4) is 0 Å². The number of nitrogens with zero attached hydrogens (tertiary/aromatic N) is 1. The van der Waals surface area contributed by atoms with Crippen LogP contribution in [-0.4, -0.2) is 23.5 Å². The zero-order valence-corrected chi connectivity index (χ0v) is 7.49. The number of amides is 1. The summed E-state index contributed by atoms with van der Waals surface area (Å²) in [5.41, 5.74) is 5.23. The van der Waals surface area contributed by atoms with Crippen molar-refractivity contribution in [1.82, 2.24) is 5.32 Å². The third-order valence-electron chi connectivity index (χ3n) is 2.28. The molecule has 0 radical (unpaired) electrons. The predicted molar refractivity (Wildman–Crippen MR) is 48.4 cm³/mol. The summed E-state index contributed by atoms with van der Waals surface area (Å²) in [5.74, 6) is 0.443. The van der Waals surface area contributed by atoms with Crippen LogP contribution in [0.3, 0.4) is 0 Å². The number of hydrogen-bond acceptors (Lipinski definition) is 3. The van der Waals surface area contributed by atoms with Crippen molar-refractivity contribution in [1.29, 1.82) is 0 Å². The highest BCUT2D eigenvalue weighted by Crippen LogP contribution is 2.25. The fourth-order valence-corrected chi connectivity index (χ4v) is 1.18. The molecule has 13 heavy (non-hydrogen) atoms. The lowest BCUT2D eigenvalue weighted by molar-refractivity contribution is -0.127. The van der Waals surface area contributed by atoms with Gasteiger partial charge in [-0.2, -0.15) is 0 Å². The second kappa shape index (κ2) is 4.69. The van der Waals surface area contributed by atoms with E-state index in [0.29, 0.717) is 13.0 Å². The quantitative estimate of drug-likeness (QED) is 0.250. The van der Waals surface area contributed by atoms with Gasteiger partial charge in [0.15, 0.2) is 0 Å². The van der Waals surface area contributed by atoms with Crippen LogP contribution in [0.4, 0.5) is 0 Å². The van der Waals surface area contributed by atoms with Crippen LogP contribution in [0.1, 0.15) is 25.7 Å². The largest absolute Gasteiger partial charge is 0.409 e. The minimum atomic E-state index is 0.0944. The van der Waals surface area contributed by atoms with Crippen LogP contribution in [-0.2, 0) is 4.79 Å². The van der Waals surface area contributed by atoms with Crippen molar-refractivity contribution < 1.29 is 10.0 Å². The van der Waals surface area contributed by atoms with Crippen LogP contribution in [0.2, 0.25) is 0 Å². The molecule has 1 aliphatic rings. The third kappa shape index (κ3) is 2.93. The van der Waals surface area contributed by atoms with E-state index < -0.39 is 0 Å². The number of nitrogens with one attached hydrogen (secondary N) is 1. The monoisotopic (exact) mass is 185 g/mol. The third-order valence-corrected chi connectivity index (χ3v) is 2.28. The first-order valence-electron chi connectivity index (χ1n) is 4.48. The Labute approximate surface area is 77.0 Å². The molecule has 5 heteroatoms. The molecule has 0 spiro atoms. The number of nitrogens with two attached hydrogens (primary N) is 1. The van der Waals surface area contributed by atoms with E-state index >= 15 is 0 Å². The first-order chi connectivity index (χ1) is 6.24. The zero-order chi connectivity index (χ0) is 9.68. The lowest BCUT2D eigenvalue weighted by Crippen LogP contribution is -2.36. The summed E-state index contributed by atoms with van der Waals surface area (Å²) < 4.78 is 0. The maximum absolute atomic E-state index is 11.2. The summed E-state index contributed by atoms with van der Waals surface area (Å²) in [6.07, 6.45) is 3.54. The minimum Gasteiger partial charge on any atom is -0.409 e. The Bertz CT molecular complexity index is 211. The van der Waals surface area contributed by atoms with E-state index in [2.05, 4.69) is 10.5 Å². The topological polar surface area (TPSA) is 87.7 Å². The molecule has 74 valence electrons. The lowest BCUT2D eigenvalue weighted by atomic mass is 9.85. The van der Waals surface area contributed by atoms with Crippen molar-refractivity contribution in [3.05, 3.63) is 0 Å². The summed E-state index contributed by atoms with van der Waals surface area (Å²) in [5, 5.41) is 13.8. The van der Waals surface area contributed by atoms with Gasteiger partial charge in [-0.15, -0.1) is 0 Å². The molecule has 0 bridgehead atoms. The summed E-state index contributed by atoms with van der Waals surface area (Å²) >= 11 is 0. The zero-order valence-electron chi connectivity index (χ0n) is 7.49. The lowest BCUT2D eigenvalue weighted by Gasteiger charge is -2.23. The SMILES string of the molecule is NC(CCNC(=O)C1CCC1)=NO. The molecule has 0 unspecified atom stereocenters. The average Bonchev–Trinajstić information content (AvgIpc) is 2.01. The van der Waals surface area contributed by atoms with Gasteiger partial charge < -0.3 is 16.3 Å². The maximum atomic E-state index is 11.2. The molecule has 1 rings (SSSR count). The molecule has 1 saturated carbocycles. The Kier molecular flexibility index (Phi) is 3.54. The van der Waals surface area contributed by atoms with Gasteiger partial charge >= 0.3 is 0 Å². The van der Waals surface area contributed by atoms with Crippen LogP contribution in [0, 0.1) is 5.92 Å². The molecule has 0 aromatic heterocycles. The van der Waals surface area contributed by atoms with E-state index in [1.165, 1.54) is 0 Å². The summed E-state index contributed by atoms with van der Waals surface area (Å²) in [6.45, 7) is 0.450. The van der Waals surface area contributed by atoms with Crippen LogP contribution in [0.5, 0.6) is 0 Å². The Morgan fingerprint density at radius 2 is 2.31 bits per heavy atom. The highest BCUT2D eigenvalue weighted by molar-refractivity contribution is 5.82. The molecule has 0 saturated heterocycles. The number of hydrogen-bond donors (Lipinski definition) is 3. The van der Waals surface area contributed by atoms with E-state index in [9.17, 15) is 4.79 Å². The number of carbonyl (C=O) groups excluding carboxylic acids is 1. The second-order valence-electron chi connectivity index (χ2n) is 3.26. The maximum Gasteiger partial charge on any atom is 0.223 e. The smallest absolute Gasteiger partial charge is 0.223 e. The van der Waals surface area contributed by atoms with E-state index in [1.54, 1.807) is 0 Å². The van der Waals surface area contributed by atoms with Crippen molar-refractivity contribution in [2.45, 2.75) is 25.7 Å². The molecule has 0 aromatic carbocycles. The van der Waals surface area contributed by atoms with E-state index in [-0.39, 0.29) is 17.7 Å². The van der Waals surface area contributed by atoms with Crippen molar-refractivity contribution in [3.63, 3.8) is 0 Å². The van der Waals surface area contributed by atoms with Gasteiger partial charge in [0.25, 0.3) is 0 Å². The average molecular weight is 185 g/mol. The molecule has 1 aliphatic carbocycles. The summed E-state index contributed by atoms with van der Waals surface area (Å²) in [7, 11) is 0.